The zero-order chi connectivity index (χ0) is 19.2. The topological polar surface area (TPSA) is 70.1 Å². The van der Waals surface area contributed by atoms with E-state index in [0.29, 0.717) is 30.2 Å². The third kappa shape index (κ3) is 4.79. The average Bonchev–Trinajstić information content (AvgIpc) is 3.16. The quantitative estimate of drug-likeness (QED) is 0.665. The van der Waals surface area contributed by atoms with Crippen molar-refractivity contribution in [1.29, 1.82) is 5.26 Å². The number of amides is 1. The summed E-state index contributed by atoms with van der Waals surface area (Å²) in [5, 5.41) is 8.82. The van der Waals surface area contributed by atoms with Crippen LogP contribution in [-0.4, -0.2) is 22.8 Å². The van der Waals surface area contributed by atoms with Gasteiger partial charge in [-0.05, 0) is 42.0 Å². The van der Waals surface area contributed by atoms with Gasteiger partial charge in [0, 0.05) is 32.0 Å². The summed E-state index contributed by atoms with van der Waals surface area (Å²) in [6, 6.07) is 15.2. The van der Waals surface area contributed by atoms with Crippen LogP contribution < -0.4 is 0 Å². The normalized spacial score (nSPS) is 10.4. The number of benzene rings is 2. The van der Waals surface area contributed by atoms with Gasteiger partial charge in [-0.15, -0.1) is 0 Å². The van der Waals surface area contributed by atoms with Gasteiger partial charge in [-0.3, -0.25) is 4.79 Å². The molecule has 1 amide bonds. The predicted molar refractivity (Wildman–Crippen MR) is 97.8 cm³/mol. The minimum Gasteiger partial charge on any atom is -0.441 e. The monoisotopic (exact) mass is 363 g/mol. The summed E-state index contributed by atoms with van der Waals surface area (Å²) in [5.74, 6) is 0.674. The Bertz CT molecular complexity index is 956. The fourth-order valence-corrected chi connectivity index (χ4v) is 2.62. The molecule has 0 N–H and O–H groups in total. The molecule has 136 valence electrons. The van der Waals surface area contributed by atoms with Gasteiger partial charge in [0.15, 0.2) is 11.7 Å². The minimum atomic E-state index is -0.311. The number of nitriles is 1. The molecule has 3 aromatic rings. The molecule has 0 saturated carbocycles. The van der Waals surface area contributed by atoms with Crippen molar-refractivity contribution in [1.82, 2.24) is 9.88 Å². The molecule has 0 spiro atoms. The number of halogens is 1. The van der Waals surface area contributed by atoms with Crippen LogP contribution in [0.2, 0.25) is 0 Å². The summed E-state index contributed by atoms with van der Waals surface area (Å²) < 4.78 is 18.6. The van der Waals surface area contributed by atoms with Crippen LogP contribution in [0.5, 0.6) is 0 Å². The number of hydrogen-bond donors (Lipinski definition) is 0. The molecular formula is C21H18FN3O2. The maximum Gasteiger partial charge on any atom is 0.223 e. The highest BCUT2D eigenvalue weighted by atomic mass is 19.1. The molecule has 1 aromatic heterocycles. The summed E-state index contributed by atoms with van der Waals surface area (Å²) in [6.07, 6.45) is 2.24. The van der Waals surface area contributed by atoms with Crippen LogP contribution in [0.4, 0.5) is 4.39 Å². The molecule has 0 bridgehead atoms. The summed E-state index contributed by atoms with van der Waals surface area (Å²) in [5.41, 5.74) is 2.28. The second kappa shape index (κ2) is 8.28. The molecule has 6 heteroatoms. The number of carbonyl (C=O) groups excluding carboxylic acids is 1. The highest BCUT2D eigenvalue weighted by molar-refractivity contribution is 5.76. The van der Waals surface area contributed by atoms with Crippen molar-refractivity contribution in [3.05, 3.63) is 77.6 Å². The van der Waals surface area contributed by atoms with Gasteiger partial charge < -0.3 is 9.32 Å². The molecule has 3 rings (SSSR count). The van der Waals surface area contributed by atoms with E-state index in [9.17, 15) is 9.18 Å². The van der Waals surface area contributed by atoms with Gasteiger partial charge in [0.1, 0.15) is 5.82 Å². The Kier molecular flexibility index (Phi) is 5.62. The van der Waals surface area contributed by atoms with Gasteiger partial charge in [-0.1, -0.05) is 12.1 Å². The lowest BCUT2D eigenvalue weighted by Crippen LogP contribution is -2.26. The minimum absolute atomic E-state index is 0.0270. The van der Waals surface area contributed by atoms with E-state index in [1.54, 1.807) is 42.4 Å². The zero-order valence-corrected chi connectivity index (χ0v) is 14.9. The number of nitrogens with zero attached hydrogens (tertiary/aromatic N) is 3. The Labute approximate surface area is 156 Å². The largest absolute Gasteiger partial charge is 0.441 e. The summed E-state index contributed by atoms with van der Waals surface area (Å²) in [6.45, 7) is 0.469. The number of aryl methyl sites for hydroxylation is 1. The van der Waals surface area contributed by atoms with Gasteiger partial charge in [0.25, 0.3) is 0 Å². The Morgan fingerprint density at radius 3 is 2.56 bits per heavy atom. The van der Waals surface area contributed by atoms with Crippen LogP contribution in [0.3, 0.4) is 0 Å². The van der Waals surface area contributed by atoms with E-state index in [-0.39, 0.29) is 18.1 Å². The Hall–Kier alpha value is -3.46. The molecule has 5 nitrogen and oxygen atoms in total. The summed E-state index contributed by atoms with van der Waals surface area (Å²) in [7, 11) is 1.74. The molecule has 0 fully saturated rings. The summed E-state index contributed by atoms with van der Waals surface area (Å²) >= 11 is 0. The lowest BCUT2D eigenvalue weighted by Gasteiger charge is -2.17. The molecule has 0 aliphatic carbocycles. The fraction of sp³-hybridized carbons (Fsp3) is 0.190. The maximum absolute atomic E-state index is 13.0. The number of carbonyl (C=O) groups is 1. The van der Waals surface area contributed by atoms with Crippen LogP contribution in [0.1, 0.15) is 23.4 Å². The van der Waals surface area contributed by atoms with E-state index in [2.05, 4.69) is 11.1 Å². The number of hydrogen-bond acceptors (Lipinski definition) is 4. The van der Waals surface area contributed by atoms with Crippen LogP contribution in [-0.2, 0) is 17.8 Å². The van der Waals surface area contributed by atoms with Gasteiger partial charge in [0.2, 0.25) is 5.91 Å². The Morgan fingerprint density at radius 2 is 1.89 bits per heavy atom. The van der Waals surface area contributed by atoms with Crippen LogP contribution in [0, 0.1) is 17.1 Å². The number of rotatable bonds is 6. The predicted octanol–water partition coefficient (Wildman–Crippen LogP) is 3.94. The molecule has 0 saturated heterocycles. The standard InChI is InChI=1S/C21H18FN3O2/c1-25(14-16-4-2-15(12-23)3-5-16)21(26)11-10-20-24-13-19(27-20)17-6-8-18(22)9-7-17/h2-9,13H,10-11,14H2,1H3. The zero-order valence-electron chi connectivity index (χ0n) is 14.9. The van der Waals surface area contributed by atoms with Crippen molar-refractivity contribution in [2.75, 3.05) is 7.05 Å². The van der Waals surface area contributed by atoms with Gasteiger partial charge >= 0.3 is 0 Å². The average molecular weight is 363 g/mol. The van der Waals surface area contributed by atoms with Crippen LogP contribution >= 0.6 is 0 Å². The van der Waals surface area contributed by atoms with Crippen molar-refractivity contribution in [3.8, 4) is 17.4 Å². The van der Waals surface area contributed by atoms with E-state index in [1.165, 1.54) is 12.1 Å². The van der Waals surface area contributed by atoms with Crippen molar-refractivity contribution in [2.45, 2.75) is 19.4 Å². The van der Waals surface area contributed by atoms with E-state index >= 15 is 0 Å². The Morgan fingerprint density at radius 1 is 1.19 bits per heavy atom. The fourth-order valence-electron chi connectivity index (χ4n) is 2.62. The summed E-state index contributed by atoms with van der Waals surface area (Å²) in [4.78, 5) is 18.1. The second-order valence-electron chi connectivity index (χ2n) is 6.18. The first-order chi connectivity index (χ1) is 13.0. The molecule has 0 atom stereocenters. The SMILES string of the molecule is CN(Cc1ccc(C#N)cc1)C(=O)CCc1ncc(-c2ccc(F)cc2)o1. The third-order valence-corrected chi connectivity index (χ3v) is 4.16. The molecule has 2 aromatic carbocycles. The van der Waals surface area contributed by atoms with E-state index in [0.717, 1.165) is 11.1 Å². The first-order valence-electron chi connectivity index (χ1n) is 8.49. The van der Waals surface area contributed by atoms with Crippen molar-refractivity contribution in [2.24, 2.45) is 0 Å². The first-order valence-corrected chi connectivity index (χ1v) is 8.49. The van der Waals surface area contributed by atoms with Gasteiger partial charge in [0.05, 0.1) is 17.8 Å². The number of aromatic nitrogens is 1. The van der Waals surface area contributed by atoms with E-state index in [1.807, 2.05) is 12.1 Å². The molecular weight excluding hydrogens is 345 g/mol. The van der Waals surface area contributed by atoms with E-state index in [4.69, 9.17) is 9.68 Å². The number of oxazole rings is 1. The smallest absolute Gasteiger partial charge is 0.223 e. The molecule has 0 unspecified atom stereocenters. The maximum atomic E-state index is 13.0. The first kappa shape index (κ1) is 18.3. The Balaban J connectivity index is 1.54. The molecule has 27 heavy (non-hydrogen) atoms. The third-order valence-electron chi connectivity index (χ3n) is 4.16. The lowest BCUT2D eigenvalue weighted by atomic mass is 10.1. The van der Waals surface area contributed by atoms with Crippen molar-refractivity contribution >= 4 is 5.91 Å². The van der Waals surface area contributed by atoms with Gasteiger partial charge in [-0.25, -0.2) is 9.37 Å². The van der Waals surface area contributed by atoms with Crippen LogP contribution in [0.15, 0.2) is 59.1 Å². The van der Waals surface area contributed by atoms with E-state index < -0.39 is 0 Å². The van der Waals surface area contributed by atoms with Crippen molar-refractivity contribution in [3.63, 3.8) is 0 Å². The molecule has 0 aliphatic heterocycles. The van der Waals surface area contributed by atoms with Crippen molar-refractivity contribution < 1.29 is 13.6 Å². The van der Waals surface area contributed by atoms with Gasteiger partial charge in [-0.2, -0.15) is 5.26 Å². The molecule has 0 aliphatic rings. The molecule has 1 heterocycles. The molecule has 0 radical (unpaired) electrons. The lowest BCUT2D eigenvalue weighted by molar-refractivity contribution is -0.130. The van der Waals surface area contributed by atoms with Crippen LogP contribution in [0.25, 0.3) is 11.3 Å². The second-order valence-corrected chi connectivity index (χ2v) is 6.18. The highest BCUT2D eigenvalue weighted by Gasteiger charge is 2.13. The highest BCUT2D eigenvalue weighted by Crippen LogP contribution is 2.21.